The van der Waals surface area contributed by atoms with E-state index in [2.05, 4.69) is 17.2 Å². The Morgan fingerprint density at radius 1 is 1.48 bits per heavy atom. The molecule has 1 aromatic rings. The number of methoxy groups -OCH3 is 1. The molecule has 0 saturated carbocycles. The smallest absolute Gasteiger partial charge is 0.350 e. The highest BCUT2D eigenvalue weighted by Crippen LogP contribution is 2.28. The summed E-state index contributed by atoms with van der Waals surface area (Å²) < 4.78 is 10.1. The first kappa shape index (κ1) is 19.7. The van der Waals surface area contributed by atoms with Crippen LogP contribution >= 0.6 is 11.3 Å². The molecule has 2 heterocycles. The number of thiophene rings is 1. The second-order valence-corrected chi connectivity index (χ2v) is 7.91. The number of hydrogen-bond donors (Lipinski definition) is 2. The summed E-state index contributed by atoms with van der Waals surface area (Å²) in [6, 6.07) is 1.84. The second kappa shape index (κ2) is 8.68. The van der Waals surface area contributed by atoms with Gasteiger partial charge in [-0.2, -0.15) is 0 Å². The van der Waals surface area contributed by atoms with E-state index in [0.29, 0.717) is 43.4 Å². The lowest BCUT2D eigenvalue weighted by molar-refractivity contribution is -0.0515. The standard InChI is InChI=1S/C18H26N2O4S/c1-18(2,3)6-5-13-11-14(16(25-13)17(22)23-4)19-12-15(21)20-7-9-24-10-8-20/h11,15,19,21H,7-10,12H2,1-4H3. The molecular formula is C18H26N2O4S. The van der Waals surface area contributed by atoms with Crippen molar-refractivity contribution in [1.82, 2.24) is 4.90 Å². The highest BCUT2D eigenvalue weighted by atomic mass is 32.1. The van der Waals surface area contributed by atoms with Crippen molar-refractivity contribution in [3.8, 4) is 11.8 Å². The van der Waals surface area contributed by atoms with Crippen molar-refractivity contribution in [3.05, 3.63) is 15.8 Å². The first-order valence-electron chi connectivity index (χ1n) is 8.29. The van der Waals surface area contributed by atoms with E-state index < -0.39 is 12.2 Å². The van der Waals surface area contributed by atoms with Gasteiger partial charge in [-0.1, -0.05) is 11.8 Å². The summed E-state index contributed by atoms with van der Waals surface area (Å²) in [7, 11) is 1.36. The molecule has 0 radical (unpaired) electrons. The molecule has 1 saturated heterocycles. The maximum Gasteiger partial charge on any atom is 0.350 e. The number of aliphatic hydroxyl groups is 1. The Morgan fingerprint density at radius 2 is 2.16 bits per heavy atom. The molecular weight excluding hydrogens is 340 g/mol. The molecule has 2 rings (SSSR count). The summed E-state index contributed by atoms with van der Waals surface area (Å²) in [6.07, 6.45) is -0.640. The fourth-order valence-corrected chi connectivity index (χ4v) is 3.19. The predicted molar refractivity (Wildman–Crippen MR) is 98.9 cm³/mol. The van der Waals surface area contributed by atoms with Crippen LogP contribution in [0.15, 0.2) is 6.07 Å². The zero-order chi connectivity index (χ0) is 18.4. The molecule has 1 unspecified atom stereocenters. The average molecular weight is 366 g/mol. The SMILES string of the molecule is COC(=O)c1sc(C#CC(C)(C)C)cc1NCC(O)N1CCOCC1. The minimum atomic E-state index is -0.640. The van der Waals surface area contributed by atoms with Crippen molar-refractivity contribution in [3.63, 3.8) is 0 Å². The van der Waals surface area contributed by atoms with Gasteiger partial charge in [0, 0.05) is 18.5 Å². The molecule has 6 nitrogen and oxygen atoms in total. The fourth-order valence-electron chi connectivity index (χ4n) is 2.28. The van der Waals surface area contributed by atoms with Crippen molar-refractivity contribution in [2.24, 2.45) is 5.41 Å². The zero-order valence-electron chi connectivity index (χ0n) is 15.2. The number of aliphatic hydroxyl groups excluding tert-OH is 1. The predicted octanol–water partition coefficient (Wildman–Crippen LogP) is 1.99. The molecule has 0 spiro atoms. The summed E-state index contributed by atoms with van der Waals surface area (Å²) in [6.45, 7) is 9.04. The topological polar surface area (TPSA) is 71.0 Å². The highest BCUT2D eigenvalue weighted by Gasteiger charge is 2.21. The van der Waals surface area contributed by atoms with Crippen molar-refractivity contribution in [2.45, 2.75) is 27.0 Å². The maximum absolute atomic E-state index is 12.0. The van der Waals surface area contributed by atoms with Crippen LogP contribution in [0.25, 0.3) is 0 Å². The van der Waals surface area contributed by atoms with Gasteiger partial charge in [-0.3, -0.25) is 4.90 Å². The monoisotopic (exact) mass is 366 g/mol. The fraction of sp³-hybridized carbons (Fsp3) is 0.611. The Balaban J connectivity index is 2.10. The van der Waals surface area contributed by atoms with Crippen LogP contribution in [0, 0.1) is 17.3 Å². The lowest BCUT2D eigenvalue weighted by atomic mass is 9.98. The molecule has 1 fully saturated rings. The highest BCUT2D eigenvalue weighted by molar-refractivity contribution is 7.15. The van der Waals surface area contributed by atoms with Crippen molar-refractivity contribution >= 4 is 23.0 Å². The Bertz CT molecular complexity index is 648. The summed E-state index contributed by atoms with van der Waals surface area (Å²) in [5.41, 5.74) is 0.526. The summed E-state index contributed by atoms with van der Waals surface area (Å²) in [4.78, 5) is 15.2. The van der Waals surface area contributed by atoms with Crippen LogP contribution in [-0.4, -0.2) is 62.2 Å². The van der Waals surface area contributed by atoms with Gasteiger partial charge >= 0.3 is 5.97 Å². The van der Waals surface area contributed by atoms with Gasteiger partial charge in [-0.05, 0) is 26.8 Å². The number of morpholine rings is 1. The van der Waals surface area contributed by atoms with Crippen LogP contribution in [-0.2, 0) is 9.47 Å². The number of anilines is 1. The number of nitrogens with zero attached hydrogens (tertiary/aromatic N) is 1. The molecule has 1 aromatic heterocycles. The third kappa shape index (κ3) is 6.01. The second-order valence-electron chi connectivity index (χ2n) is 6.85. The zero-order valence-corrected chi connectivity index (χ0v) is 16.0. The van der Waals surface area contributed by atoms with Gasteiger partial charge in [-0.25, -0.2) is 4.79 Å². The molecule has 0 aliphatic carbocycles. The number of rotatable bonds is 5. The Morgan fingerprint density at radius 3 is 2.76 bits per heavy atom. The van der Waals surface area contributed by atoms with E-state index in [4.69, 9.17) is 9.47 Å². The summed E-state index contributed by atoms with van der Waals surface area (Å²) in [5.74, 6) is 5.86. The Kier molecular flexibility index (Phi) is 6.85. The maximum atomic E-state index is 12.0. The molecule has 0 bridgehead atoms. The Labute approximate surface area is 153 Å². The van der Waals surface area contributed by atoms with Gasteiger partial charge in [-0.15, -0.1) is 11.3 Å². The summed E-state index contributed by atoms with van der Waals surface area (Å²) >= 11 is 1.29. The van der Waals surface area contributed by atoms with E-state index in [0.717, 1.165) is 4.88 Å². The molecule has 0 amide bonds. The number of ether oxygens (including phenoxy) is 2. The van der Waals surface area contributed by atoms with Crippen molar-refractivity contribution < 1.29 is 19.4 Å². The lowest BCUT2D eigenvalue weighted by Crippen LogP contribution is -2.46. The van der Waals surface area contributed by atoms with Crippen LogP contribution in [0.2, 0.25) is 0 Å². The first-order valence-corrected chi connectivity index (χ1v) is 9.11. The largest absolute Gasteiger partial charge is 0.465 e. The van der Waals surface area contributed by atoms with E-state index in [1.807, 2.05) is 31.7 Å². The van der Waals surface area contributed by atoms with Crippen molar-refractivity contribution in [1.29, 1.82) is 0 Å². The van der Waals surface area contributed by atoms with Crippen LogP contribution in [0.3, 0.4) is 0 Å². The summed E-state index contributed by atoms with van der Waals surface area (Å²) in [5, 5.41) is 13.5. The molecule has 1 aliphatic heterocycles. The van der Waals surface area contributed by atoms with E-state index in [1.54, 1.807) is 0 Å². The van der Waals surface area contributed by atoms with Crippen LogP contribution < -0.4 is 5.32 Å². The lowest BCUT2D eigenvalue weighted by Gasteiger charge is -2.31. The average Bonchev–Trinajstić information content (AvgIpc) is 3.00. The minimum absolute atomic E-state index is 0.116. The van der Waals surface area contributed by atoms with Crippen LogP contribution in [0.5, 0.6) is 0 Å². The quantitative estimate of drug-likeness (QED) is 0.613. The van der Waals surface area contributed by atoms with Crippen LogP contribution in [0.4, 0.5) is 5.69 Å². The van der Waals surface area contributed by atoms with Gasteiger partial charge in [0.05, 0.1) is 37.4 Å². The van der Waals surface area contributed by atoms with Gasteiger partial charge in [0.1, 0.15) is 11.1 Å². The molecule has 1 atom stereocenters. The number of hydrogen-bond acceptors (Lipinski definition) is 7. The van der Waals surface area contributed by atoms with Crippen LogP contribution in [0.1, 0.15) is 35.3 Å². The third-order valence-electron chi connectivity index (χ3n) is 3.61. The van der Waals surface area contributed by atoms with Gasteiger partial charge in [0.25, 0.3) is 0 Å². The van der Waals surface area contributed by atoms with Gasteiger partial charge in [0.2, 0.25) is 0 Å². The Hall–Kier alpha value is -1.59. The number of nitrogens with one attached hydrogen (secondary N) is 1. The third-order valence-corrected chi connectivity index (χ3v) is 4.64. The van der Waals surface area contributed by atoms with Gasteiger partial charge < -0.3 is 19.9 Å². The molecule has 138 valence electrons. The number of carbonyl (C=O) groups excluding carboxylic acids is 1. The molecule has 2 N–H and O–H groups in total. The van der Waals surface area contributed by atoms with E-state index in [1.165, 1.54) is 18.4 Å². The number of esters is 1. The van der Waals surface area contributed by atoms with E-state index >= 15 is 0 Å². The van der Waals surface area contributed by atoms with E-state index in [-0.39, 0.29) is 5.41 Å². The molecule has 25 heavy (non-hydrogen) atoms. The minimum Gasteiger partial charge on any atom is -0.465 e. The molecule has 0 aromatic carbocycles. The number of carbonyl (C=O) groups is 1. The van der Waals surface area contributed by atoms with Gasteiger partial charge in [0.15, 0.2) is 0 Å². The molecule has 1 aliphatic rings. The first-order chi connectivity index (χ1) is 11.8. The van der Waals surface area contributed by atoms with E-state index in [9.17, 15) is 9.90 Å². The van der Waals surface area contributed by atoms with Crippen molar-refractivity contribution in [2.75, 3.05) is 45.3 Å². The normalized spacial score (nSPS) is 16.7. The molecule has 7 heteroatoms.